The Bertz CT molecular complexity index is 1320. The maximum Gasteiger partial charge on any atom is 0.304 e. The molecule has 2 aliphatic heterocycles. The first kappa shape index (κ1) is 29.2. The zero-order valence-electron chi connectivity index (χ0n) is 23.3. The van der Waals surface area contributed by atoms with Crippen LogP contribution in [-0.4, -0.2) is 66.6 Å². The molecule has 1 amide bonds. The topological polar surface area (TPSA) is 112 Å². The smallest absolute Gasteiger partial charge is 0.304 e. The van der Waals surface area contributed by atoms with Gasteiger partial charge in [0.25, 0.3) is 5.91 Å². The van der Waals surface area contributed by atoms with Crippen LogP contribution in [0.3, 0.4) is 0 Å². The van der Waals surface area contributed by atoms with Crippen molar-refractivity contribution in [2.75, 3.05) is 31.1 Å². The number of aliphatic hydroxyl groups is 1. The highest BCUT2D eigenvalue weighted by molar-refractivity contribution is 7.87. The van der Waals surface area contributed by atoms with Crippen molar-refractivity contribution in [2.24, 2.45) is 11.8 Å². The Kier molecular flexibility index (Phi) is 8.53. The Morgan fingerprint density at radius 2 is 1.97 bits per heavy atom. The van der Waals surface area contributed by atoms with E-state index < -0.39 is 28.0 Å². The number of carbonyl (C=O) groups excluding carboxylic acids is 1. The Morgan fingerprint density at radius 3 is 2.62 bits per heavy atom. The second kappa shape index (κ2) is 11.4. The van der Waals surface area contributed by atoms with Gasteiger partial charge in [-0.2, -0.15) is 12.7 Å². The van der Waals surface area contributed by atoms with E-state index in [2.05, 4.69) is 25.5 Å². The van der Waals surface area contributed by atoms with Crippen molar-refractivity contribution in [3.63, 3.8) is 0 Å². The SMILES string of the molecule is CC(C)COc1cc(F)cc(-c2ccc(C(=O)NS(=O)(=O)N3CCCC(O)C3)c(N3CCC(C)C3(C)C)n2)c1. The molecule has 214 valence electrons. The molecule has 0 saturated carbocycles. The summed E-state index contributed by atoms with van der Waals surface area (Å²) in [5.74, 6) is 0.00252. The highest BCUT2D eigenvalue weighted by atomic mass is 32.2. The van der Waals surface area contributed by atoms with Gasteiger partial charge in [-0.3, -0.25) is 4.79 Å². The number of rotatable bonds is 8. The molecule has 9 nitrogen and oxygen atoms in total. The fourth-order valence-corrected chi connectivity index (χ4v) is 6.24. The third-order valence-electron chi connectivity index (χ3n) is 7.73. The number of benzene rings is 1. The lowest BCUT2D eigenvalue weighted by atomic mass is 9.90. The molecule has 2 unspecified atom stereocenters. The largest absolute Gasteiger partial charge is 0.493 e. The van der Waals surface area contributed by atoms with Crippen LogP contribution in [0.15, 0.2) is 30.3 Å². The normalized spacial score (nSPS) is 21.8. The molecule has 2 aromatic rings. The van der Waals surface area contributed by atoms with Gasteiger partial charge < -0.3 is 14.7 Å². The Morgan fingerprint density at radius 1 is 1.23 bits per heavy atom. The lowest BCUT2D eigenvalue weighted by Gasteiger charge is -2.37. The molecule has 39 heavy (non-hydrogen) atoms. The van der Waals surface area contributed by atoms with Crippen LogP contribution in [0.5, 0.6) is 5.75 Å². The molecule has 11 heteroatoms. The molecule has 2 aliphatic rings. The van der Waals surface area contributed by atoms with E-state index >= 15 is 0 Å². The highest BCUT2D eigenvalue weighted by Crippen LogP contribution is 2.39. The number of carbonyl (C=O) groups is 1. The van der Waals surface area contributed by atoms with E-state index in [-0.39, 0.29) is 30.1 Å². The van der Waals surface area contributed by atoms with Crippen molar-refractivity contribution in [1.29, 1.82) is 0 Å². The van der Waals surface area contributed by atoms with Crippen LogP contribution < -0.4 is 14.4 Å². The third-order valence-corrected chi connectivity index (χ3v) is 9.19. The van der Waals surface area contributed by atoms with Crippen molar-refractivity contribution in [1.82, 2.24) is 14.0 Å². The van der Waals surface area contributed by atoms with E-state index in [0.29, 0.717) is 54.7 Å². The number of nitrogens with one attached hydrogen (secondary N) is 1. The standard InChI is InChI=1S/C28H39FN4O5S/c1-18(2)17-38-23-14-20(13-21(29)15-23)25-9-8-24(26(30-25)33-12-10-19(3)28(33,4)5)27(35)31-39(36,37)32-11-6-7-22(34)16-32/h8-9,13-15,18-19,22,34H,6-7,10-12,16-17H2,1-5H3,(H,31,35). The minimum atomic E-state index is -4.17. The number of hydrogen-bond acceptors (Lipinski definition) is 7. The zero-order valence-corrected chi connectivity index (χ0v) is 24.1. The third kappa shape index (κ3) is 6.53. The quantitative estimate of drug-likeness (QED) is 0.501. The first-order chi connectivity index (χ1) is 18.3. The summed E-state index contributed by atoms with van der Waals surface area (Å²) in [6, 6.07) is 7.51. The Balaban J connectivity index is 1.72. The van der Waals surface area contributed by atoms with Gasteiger partial charge in [0.1, 0.15) is 17.4 Å². The molecule has 0 bridgehead atoms. The van der Waals surface area contributed by atoms with Gasteiger partial charge in [-0.1, -0.05) is 20.8 Å². The number of β-amino-alcohol motifs (C(OH)–C–C–N with tert-alkyl or cyclic N) is 1. The fraction of sp³-hybridized carbons (Fsp3) is 0.571. The number of piperidine rings is 1. The molecular formula is C28H39FN4O5S. The average molecular weight is 563 g/mol. The number of aliphatic hydroxyl groups excluding tert-OH is 1. The summed E-state index contributed by atoms with van der Waals surface area (Å²) in [5.41, 5.74) is 0.675. The minimum Gasteiger partial charge on any atom is -0.493 e. The summed E-state index contributed by atoms with van der Waals surface area (Å²) in [5, 5.41) is 9.93. The summed E-state index contributed by atoms with van der Waals surface area (Å²) >= 11 is 0. The Hall–Kier alpha value is -2.76. The minimum absolute atomic E-state index is 0.0654. The highest BCUT2D eigenvalue weighted by Gasteiger charge is 2.41. The number of anilines is 1. The summed E-state index contributed by atoms with van der Waals surface area (Å²) in [6.45, 7) is 11.5. The molecule has 1 aromatic carbocycles. The predicted molar refractivity (Wildman–Crippen MR) is 148 cm³/mol. The van der Waals surface area contributed by atoms with Gasteiger partial charge in [-0.25, -0.2) is 14.1 Å². The lowest BCUT2D eigenvalue weighted by molar-refractivity contribution is 0.0957. The zero-order chi connectivity index (χ0) is 28.5. The molecule has 2 N–H and O–H groups in total. The van der Waals surface area contributed by atoms with E-state index in [1.165, 1.54) is 18.2 Å². The van der Waals surface area contributed by atoms with Gasteiger partial charge in [0.2, 0.25) is 0 Å². The van der Waals surface area contributed by atoms with Gasteiger partial charge in [0.05, 0.1) is 24.0 Å². The molecule has 2 saturated heterocycles. The van der Waals surface area contributed by atoms with Crippen molar-refractivity contribution in [3.05, 3.63) is 41.7 Å². The predicted octanol–water partition coefficient (Wildman–Crippen LogP) is 3.98. The molecule has 2 atom stereocenters. The number of pyridine rings is 1. The van der Waals surface area contributed by atoms with E-state index in [1.54, 1.807) is 12.1 Å². The monoisotopic (exact) mass is 562 g/mol. The molecule has 4 rings (SSSR count). The van der Waals surface area contributed by atoms with Gasteiger partial charge in [0.15, 0.2) is 0 Å². The molecule has 0 spiro atoms. The molecular weight excluding hydrogens is 523 g/mol. The number of hydrogen-bond donors (Lipinski definition) is 2. The van der Waals surface area contributed by atoms with Crippen LogP contribution in [-0.2, 0) is 10.2 Å². The van der Waals surface area contributed by atoms with Crippen molar-refractivity contribution < 1.29 is 27.4 Å². The second-order valence-electron chi connectivity index (χ2n) is 11.5. The van der Waals surface area contributed by atoms with E-state index in [0.717, 1.165) is 10.7 Å². The number of halogens is 1. The van der Waals surface area contributed by atoms with Crippen LogP contribution in [0, 0.1) is 17.7 Å². The van der Waals surface area contributed by atoms with E-state index in [9.17, 15) is 22.7 Å². The molecule has 0 radical (unpaired) electrons. The summed E-state index contributed by atoms with van der Waals surface area (Å²) in [7, 11) is -4.17. The van der Waals surface area contributed by atoms with Crippen molar-refractivity contribution in [2.45, 2.75) is 65.5 Å². The average Bonchev–Trinajstić information content (AvgIpc) is 3.13. The molecule has 1 aromatic heterocycles. The van der Waals surface area contributed by atoms with Crippen LogP contribution in [0.2, 0.25) is 0 Å². The van der Waals surface area contributed by atoms with Gasteiger partial charge in [0, 0.05) is 36.8 Å². The maximum atomic E-state index is 14.5. The van der Waals surface area contributed by atoms with Crippen molar-refractivity contribution >= 4 is 21.9 Å². The second-order valence-corrected chi connectivity index (χ2v) is 13.2. The first-order valence-corrected chi connectivity index (χ1v) is 14.9. The summed E-state index contributed by atoms with van der Waals surface area (Å²) < 4.78 is 49.5. The summed E-state index contributed by atoms with van der Waals surface area (Å²) in [6.07, 6.45) is 1.13. The van der Waals surface area contributed by atoms with Crippen LogP contribution in [0.4, 0.5) is 10.2 Å². The molecule has 3 heterocycles. The Labute approximate surface area is 230 Å². The first-order valence-electron chi connectivity index (χ1n) is 13.5. The maximum absolute atomic E-state index is 14.5. The van der Waals surface area contributed by atoms with Crippen LogP contribution in [0.25, 0.3) is 11.3 Å². The van der Waals surface area contributed by atoms with Crippen molar-refractivity contribution in [3.8, 4) is 17.0 Å². The number of amides is 1. The number of nitrogens with zero attached hydrogens (tertiary/aromatic N) is 3. The van der Waals surface area contributed by atoms with Gasteiger partial charge >= 0.3 is 10.2 Å². The van der Waals surface area contributed by atoms with Crippen LogP contribution >= 0.6 is 0 Å². The van der Waals surface area contributed by atoms with E-state index in [4.69, 9.17) is 9.72 Å². The van der Waals surface area contributed by atoms with Gasteiger partial charge in [-0.05, 0) is 69.2 Å². The molecule has 0 aliphatic carbocycles. The number of ether oxygens (including phenoxy) is 1. The van der Waals surface area contributed by atoms with E-state index in [1.807, 2.05) is 18.7 Å². The number of aromatic nitrogens is 1. The molecule has 2 fully saturated rings. The van der Waals surface area contributed by atoms with Crippen LogP contribution in [0.1, 0.15) is 64.2 Å². The lowest BCUT2D eigenvalue weighted by Crippen LogP contribution is -2.49. The fourth-order valence-electron chi connectivity index (χ4n) is 5.03. The summed E-state index contributed by atoms with van der Waals surface area (Å²) in [4.78, 5) is 20.3. The van der Waals surface area contributed by atoms with Gasteiger partial charge in [-0.15, -0.1) is 0 Å².